The van der Waals surface area contributed by atoms with Gasteiger partial charge in [-0.3, -0.25) is 5.43 Å². The standard InChI is InChI=1S/C22H22N4OS/c1-26(2)11-12-27-19-13-18-20(15-8-4-3-7-14(15)19)16-9-5-6-10-17(16)21(18)24-25-22(23)28/h3-10,13H,11-12H2,1-2H3,(H3,23,25,28)/b24-21-. The monoisotopic (exact) mass is 390 g/mol. The van der Waals surface area contributed by atoms with E-state index in [1.807, 2.05) is 32.3 Å². The number of thiocarbonyl (C=S) groups is 1. The summed E-state index contributed by atoms with van der Waals surface area (Å²) in [6.07, 6.45) is 0. The Morgan fingerprint density at radius 1 is 1.04 bits per heavy atom. The van der Waals surface area contributed by atoms with E-state index in [-0.39, 0.29) is 5.11 Å². The SMILES string of the molecule is CN(C)CCOc1cc2c(c3ccccc13)-c1ccccc1/C2=N/NC(N)=S. The number of nitrogens with one attached hydrogen (secondary N) is 1. The molecule has 0 fully saturated rings. The molecular formula is C22H22N4OS. The lowest BCUT2D eigenvalue weighted by Gasteiger charge is -2.15. The van der Waals surface area contributed by atoms with Crippen LogP contribution in [0.25, 0.3) is 21.9 Å². The second-order valence-electron chi connectivity index (χ2n) is 6.98. The van der Waals surface area contributed by atoms with Gasteiger partial charge >= 0.3 is 0 Å². The van der Waals surface area contributed by atoms with Crippen LogP contribution in [-0.2, 0) is 0 Å². The molecule has 0 saturated heterocycles. The number of hydrazone groups is 1. The number of ether oxygens (including phenoxy) is 1. The van der Waals surface area contributed by atoms with Crippen molar-refractivity contribution >= 4 is 33.8 Å². The molecule has 4 rings (SSSR count). The molecular weight excluding hydrogens is 368 g/mol. The summed E-state index contributed by atoms with van der Waals surface area (Å²) in [5, 5.41) is 6.88. The van der Waals surface area contributed by atoms with E-state index >= 15 is 0 Å². The first-order chi connectivity index (χ1) is 13.6. The molecule has 0 atom stereocenters. The number of likely N-dealkylation sites (N-methyl/N-ethyl adjacent to an activating group) is 1. The average molecular weight is 391 g/mol. The summed E-state index contributed by atoms with van der Waals surface area (Å²) in [6, 6.07) is 18.6. The molecule has 3 aromatic carbocycles. The van der Waals surface area contributed by atoms with Crippen molar-refractivity contribution in [3.05, 3.63) is 65.7 Å². The van der Waals surface area contributed by atoms with Crippen molar-refractivity contribution in [1.29, 1.82) is 0 Å². The highest BCUT2D eigenvalue weighted by molar-refractivity contribution is 7.80. The van der Waals surface area contributed by atoms with Gasteiger partial charge in [-0.15, -0.1) is 0 Å². The van der Waals surface area contributed by atoms with Crippen LogP contribution in [0.15, 0.2) is 59.7 Å². The Hall–Kier alpha value is -2.96. The van der Waals surface area contributed by atoms with Gasteiger partial charge in [0.1, 0.15) is 12.4 Å². The van der Waals surface area contributed by atoms with Crippen molar-refractivity contribution in [2.75, 3.05) is 27.2 Å². The van der Waals surface area contributed by atoms with Crippen LogP contribution in [0, 0.1) is 0 Å². The van der Waals surface area contributed by atoms with Crippen LogP contribution in [0.4, 0.5) is 0 Å². The molecule has 1 aliphatic carbocycles. The van der Waals surface area contributed by atoms with Crippen molar-refractivity contribution in [3.63, 3.8) is 0 Å². The highest BCUT2D eigenvalue weighted by Gasteiger charge is 2.28. The van der Waals surface area contributed by atoms with E-state index in [0.29, 0.717) is 6.61 Å². The molecule has 0 radical (unpaired) electrons. The number of rotatable bonds is 5. The molecule has 0 spiro atoms. The quantitative estimate of drug-likeness (QED) is 0.404. The Morgan fingerprint density at radius 2 is 1.71 bits per heavy atom. The van der Waals surface area contributed by atoms with E-state index < -0.39 is 0 Å². The van der Waals surface area contributed by atoms with E-state index in [0.717, 1.165) is 51.0 Å². The van der Waals surface area contributed by atoms with Crippen molar-refractivity contribution in [3.8, 4) is 16.9 Å². The molecule has 3 aromatic rings. The second kappa shape index (κ2) is 7.58. The Morgan fingerprint density at radius 3 is 2.43 bits per heavy atom. The van der Waals surface area contributed by atoms with Gasteiger partial charge in [0.15, 0.2) is 5.11 Å². The van der Waals surface area contributed by atoms with Gasteiger partial charge in [-0.2, -0.15) is 5.10 Å². The van der Waals surface area contributed by atoms with Crippen molar-refractivity contribution in [2.45, 2.75) is 0 Å². The smallest absolute Gasteiger partial charge is 0.184 e. The molecule has 6 heteroatoms. The fourth-order valence-corrected chi connectivity index (χ4v) is 3.61. The second-order valence-corrected chi connectivity index (χ2v) is 7.42. The molecule has 0 heterocycles. The van der Waals surface area contributed by atoms with E-state index in [4.69, 9.17) is 22.7 Å². The van der Waals surface area contributed by atoms with E-state index in [1.165, 1.54) is 0 Å². The molecule has 0 aliphatic heterocycles. The van der Waals surface area contributed by atoms with Gasteiger partial charge in [-0.05, 0) is 48.9 Å². The normalized spacial score (nSPS) is 13.6. The molecule has 3 N–H and O–H groups in total. The lowest BCUT2D eigenvalue weighted by atomic mass is 9.97. The van der Waals surface area contributed by atoms with Gasteiger partial charge in [0.2, 0.25) is 0 Å². The fraction of sp³-hybridized carbons (Fsp3) is 0.182. The minimum atomic E-state index is 0.140. The summed E-state index contributed by atoms with van der Waals surface area (Å²) < 4.78 is 6.16. The molecule has 0 bridgehead atoms. The molecule has 0 saturated carbocycles. The van der Waals surface area contributed by atoms with Gasteiger partial charge in [-0.1, -0.05) is 48.5 Å². The summed E-state index contributed by atoms with van der Waals surface area (Å²) in [5.74, 6) is 0.854. The van der Waals surface area contributed by atoms with Crippen molar-refractivity contribution in [2.24, 2.45) is 10.8 Å². The third-order valence-corrected chi connectivity index (χ3v) is 4.88. The first-order valence-electron chi connectivity index (χ1n) is 9.13. The van der Waals surface area contributed by atoms with Crippen LogP contribution in [0.2, 0.25) is 0 Å². The topological polar surface area (TPSA) is 62.9 Å². The Kier molecular flexibility index (Phi) is 4.98. The maximum absolute atomic E-state index is 6.16. The fourth-order valence-electron chi connectivity index (χ4n) is 3.56. The van der Waals surface area contributed by atoms with Gasteiger partial charge in [-0.25, -0.2) is 0 Å². The predicted molar refractivity (Wildman–Crippen MR) is 119 cm³/mol. The predicted octanol–water partition coefficient (Wildman–Crippen LogP) is 3.35. The summed E-state index contributed by atoms with van der Waals surface area (Å²) in [4.78, 5) is 2.10. The molecule has 0 amide bonds. The summed E-state index contributed by atoms with van der Waals surface area (Å²) >= 11 is 4.94. The van der Waals surface area contributed by atoms with Crippen molar-refractivity contribution < 1.29 is 4.74 Å². The average Bonchev–Trinajstić information content (AvgIpc) is 2.99. The Bertz CT molecular complexity index is 1090. The lowest BCUT2D eigenvalue weighted by Crippen LogP contribution is -2.25. The van der Waals surface area contributed by atoms with E-state index in [2.05, 4.69) is 51.8 Å². The third-order valence-electron chi connectivity index (χ3n) is 4.79. The molecule has 28 heavy (non-hydrogen) atoms. The molecule has 142 valence electrons. The number of nitrogens with zero attached hydrogens (tertiary/aromatic N) is 2. The Balaban J connectivity index is 1.91. The van der Waals surface area contributed by atoms with Gasteiger partial charge in [0.25, 0.3) is 0 Å². The van der Waals surface area contributed by atoms with Crippen LogP contribution in [0.3, 0.4) is 0 Å². The molecule has 0 unspecified atom stereocenters. The number of fused-ring (bicyclic) bond motifs is 5. The summed E-state index contributed by atoms with van der Waals surface area (Å²) in [5.41, 5.74) is 13.6. The minimum Gasteiger partial charge on any atom is -0.492 e. The van der Waals surface area contributed by atoms with Crippen LogP contribution in [0.5, 0.6) is 5.75 Å². The molecule has 0 aromatic heterocycles. The summed E-state index contributed by atoms with van der Waals surface area (Å²) in [6.45, 7) is 1.45. The largest absolute Gasteiger partial charge is 0.492 e. The molecule has 5 nitrogen and oxygen atoms in total. The molecule has 1 aliphatic rings. The van der Waals surface area contributed by atoms with Crippen LogP contribution < -0.4 is 15.9 Å². The zero-order valence-electron chi connectivity index (χ0n) is 15.9. The first kappa shape index (κ1) is 18.4. The number of hydrogen-bond acceptors (Lipinski definition) is 4. The highest BCUT2D eigenvalue weighted by Crippen LogP contribution is 2.44. The maximum atomic E-state index is 6.16. The van der Waals surface area contributed by atoms with Gasteiger partial charge < -0.3 is 15.4 Å². The van der Waals surface area contributed by atoms with Crippen LogP contribution in [0.1, 0.15) is 11.1 Å². The minimum absolute atomic E-state index is 0.140. The van der Waals surface area contributed by atoms with Gasteiger partial charge in [0.05, 0.1) is 5.71 Å². The third kappa shape index (κ3) is 3.32. The lowest BCUT2D eigenvalue weighted by molar-refractivity contribution is 0.263. The van der Waals surface area contributed by atoms with Crippen LogP contribution in [-0.4, -0.2) is 43.0 Å². The van der Waals surface area contributed by atoms with Crippen molar-refractivity contribution in [1.82, 2.24) is 10.3 Å². The number of hydrogen-bond donors (Lipinski definition) is 2. The zero-order valence-corrected chi connectivity index (χ0v) is 16.7. The van der Waals surface area contributed by atoms with Gasteiger partial charge in [0, 0.05) is 23.1 Å². The maximum Gasteiger partial charge on any atom is 0.184 e. The highest BCUT2D eigenvalue weighted by atomic mass is 32.1. The first-order valence-corrected chi connectivity index (χ1v) is 9.53. The zero-order chi connectivity index (χ0) is 19.7. The van der Waals surface area contributed by atoms with E-state index in [1.54, 1.807) is 0 Å². The Labute approximate surface area is 169 Å². The summed E-state index contributed by atoms with van der Waals surface area (Å²) in [7, 11) is 4.07. The number of benzene rings is 3. The number of nitrogens with two attached hydrogens (primary N) is 1. The van der Waals surface area contributed by atoms with E-state index in [9.17, 15) is 0 Å². The van der Waals surface area contributed by atoms with Crippen LogP contribution >= 0.6 is 12.2 Å².